The summed E-state index contributed by atoms with van der Waals surface area (Å²) in [6.07, 6.45) is 3.32. The number of rotatable bonds is 3. The van der Waals surface area contributed by atoms with Crippen molar-refractivity contribution in [2.75, 3.05) is 13.7 Å². The van der Waals surface area contributed by atoms with E-state index in [0.29, 0.717) is 22.3 Å². The van der Waals surface area contributed by atoms with E-state index in [1.807, 2.05) is 17.0 Å². The van der Waals surface area contributed by atoms with Crippen LogP contribution in [0, 0.1) is 0 Å². The number of benzene rings is 1. The zero-order valence-electron chi connectivity index (χ0n) is 13.3. The summed E-state index contributed by atoms with van der Waals surface area (Å²) in [5.74, 6) is 0.839. The molecule has 0 aliphatic carbocycles. The first-order chi connectivity index (χ1) is 9.95. The highest BCUT2D eigenvalue weighted by Crippen LogP contribution is 2.34. The van der Waals surface area contributed by atoms with Crippen LogP contribution in [0.3, 0.4) is 0 Å². The van der Waals surface area contributed by atoms with Crippen molar-refractivity contribution in [2.45, 2.75) is 52.0 Å². The van der Waals surface area contributed by atoms with Gasteiger partial charge in [-0.25, -0.2) is 0 Å². The normalized spacial score (nSPS) is 19.0. The van der Waals surface area contributed by atoms with E-state index in [1.54, 1.807) is 7.11 Å². The molecule has 1 aliphatic rings. The van der Waals surface area contributed by atoms with Crippen LogP contribution in [-0.4, -0.2) is 30.5 Å². The Morgan fingerprint density at radius 2 is 2.10 bits per heavy atom. The third-order valence-electron chi connectivity index (χ3n) is 4.23. The van der Waals surface area contributed by atoms with Crippen LogP contribution in [0.25, 0.3) is 0 Å². The lowest BCUT2D eigenvalue weighted by Crippen LogP contribution is -2.42. The van der Waals surface area contributed by atoms with Gasteiger partial charge in [-0.15, -0.1) is 0 Å². The number of halogens is 1. The fourth-order valence-electron chi connectivity index (χ4n) is 2.87. The zero-order valence-corrected chi connectivity index (χ0v) is 14.0. The Labute approximate surface area is 132 Å². The molecule has 1 fully saturated rings. The largest absolute Gasteiger partial charge is 0.494 e. The number of amides is 1. The third kappa shape index (κ3) is 3.34. The van der Waals surface area contributed by atoms with E-state index in [4.69, 9.17) is 16.3 Å². The molecule has 1 saturated heterocycles. The summed E-state index contributed by atoms with van der Waals surface area (Å²) in [6, 6.07) is 4.10. The molecule has 0 spiro atoms. The maximum atomic E-state index is 12.9. The van der Waals surface area contributed by atoms with Gasteiger partial charge >= 0.3 is 0 Å². The Morgan fingerprint density at radius 1 is 1.38 bits per heavy atom. The molecule has 1 aliphatic heterocycles. The van der Waals surface area contributed by atoms with Crippen LogP contribution in [-0.2, 0) is 0 Å². The molecular weight excluding hydrogens is 286 g/mol. The minimum absolute atomic E-state index is 0.0310. The molecule has 1 heterocycles. The topological polar surface area (TPSA) is 29.5 Å². The van der Waals surface area contributed by atoms with Crippen LogP contribution < -0.4 is 4.74 Å². The average Bonchev–Trinajstić information content (AvgIpc) is 2.46. The molecule has 116 valence electrons. The highest BCUT2D eigenvalue weighted by Gasteiger charge is 2.27. The van der Waals surface area contributed by atoms with Gasteiger partial charge < -0.3 is 9.64 Å². The molecule has 21 heavy (non-hydrogen) atoms. The number of ether oxygens (including phenoxy) is 1. The Hall–Kier alpha value is -1.22. The van der Waals surface area contributed by atoms with Gasteiger partial charge in [0, 0.05) is 12.6 Å². The van der Waals surface area contributed by atoms with Gasteiger partial charge in [-0.3, -0.25) is 4.79 Å². The first-order valence-electron chi connectivity index (χ1n) is 7.64. The van der Waals surface area contributed by atoms with Gasteiger partial charge in [0.25, 0.3) is 5.91 Å². The standard InChI is InChI=1S/C17H24ClNO2/c1-11(2)13-9-14(16(21-4)15(18)10-13)17(20)19-8-6-5-7-12(19)3/h9-12H,5-8H2,1-4H3/t12-/m1/s1. The average molecular weight is 310 g/mol. The summed E-state index contributed by atoms with van der Waals surface area (Å²) < 4.78 is 5.38. The van der Waals surface area contributed by atoms with Gasteiger partial charge in [-0.05, 0) is 49.8 Å². The molecule has 0 bridgehead atoms. The fourth-order valence-corrected chi connectivity index (χ4v) is 3.17. The van der Waals surface area contributed by atoms with Gasteiger partial charge in [0.2, 0.25) is 0 Å². The Morgan fingerprint density at radius 3 is 2.67 bits per heavy atom. The van der Waals surface area contributed by atoms with Crippen molar-refractivity contribution < 1.29 is 9.53 Å². The SMILES string of the molecule is COc1c(Cl)cc(C(C)C)cc1C(=O)N1CCCC[C@H]1C. The zero-order chi connectivity index (χ0) is 15.6. The third-order valence-corrected chi connectivity index (χ3v) is 4.51. The minimum Gasteiger partial charge on any atom is -0.494 e. The summed E-state index contributed by atoms with van der Waals surface area (Å²) in [6.45, 7) is 7.11. The number of methoxy groups -OCH3 is 1. The van der Waals surface area contributed by atoms with Crippen LogP contribution in [0.4, 0.5) is 0 Å². The second-order valence-corrected chi connectivity index (χ2v) is 6.49. The molecule has 4 heteroatoms. The van der Waals surface area contributed by atoms with Gasteiger partial charge in [0.05, 0.1) is 17.7 Å². The number of carbonyl (C=O) groups excluding carboxylic acids is 1. The lowest BCUT2D eigenvalue weighted by atomic mass is 9.97. The van der Waals surface area contributed by atoms with Crippen molar-refractivity contribution in [2.24, 2.45) is 0 Å². The summed E-state index contributed by atoms with van der Waals surface area (Å²) >= 11 is 6.30. The summed E-state index contributed by atoms with van der Waals surface area (Å²) in [5, 5.41) is 0.511. The Balaban J connectivity index is 2.43. The number of hydrogen-bond donors (Lipinski definition) is 0. The van der Waals surface area contributed by atoms with Crippen LogP contribution in [0.15, 0.2) is 12.1 Å². The van der Waals surface area contributed by atoms with Crippen molar-refractivity contribution in [1.82, 2.24) is 4.90 Å². The predicted molar refractivity (Wildman–Crippen MR) is 86.4 cm³/mol. The second kappa shape index (κ2) is 6.69. The van der Waals surface area contributed by atoms with Crippen LogP contribution in [0.1, 0.15) is 61.9 Å². The fraction of sp³-hybridized carbons (Fsp3) is 0.588. The number of likely N-dealkylation sites (tertiary alicyclic amines) is 1. The number of nitrogens with zero attached hydrogens (tertiary/aromatic N) is 1. The quantitative estimate of drug-likeness (QED) is 0.823. The van der Waals surface area contributed by atoms with E-state index in [2.05, 4.69) is 20.8 Å². The van der Waals surface area contributed by atoms with Gasteiger partial charge in [-0.2, -0.15) is 0 Å². The highest BCUT2D eigenvalue weighted by atomic mass is 35.5. The molecule has 0 N–H and O–H groups in total. The van der Waals surface area contributed by atoms with Gasteiger partial charge in [-0.1, -0.05) is 25.4 Å². The predicted octanol–water partition coefficient (Wildman–Crippen LogP) is 4.49. The lowest BCUT2D eigenvalue weighted by molar-refractivity contribution is 0.0632. The van der Waals surface area contributed by atoms with Crippen molar-refractivity contribution in [1.29, 1.82) is 0 Å². The summed E-state index contributed by atoms with van der Waals surface area (Å²) in [5.41, 5.74) is 1.65. The highest BCUT2D eigenvalue weighted by molar-refractivity contribution is 6.32. The Bertz CT molecular complexity index is 528. The van der Waals surface area contributed by atoms with E-state index >= 15 is 0 Å². The van der Waals surface area contributed by atoms with Crippen molar-refractivity contribution in [3.63, 3.8) is 0 Å². The molecule has 1 aromatic rings. The van der Waals surface area contributed by atoms with E-state index in [0.717, 1.165) is 24.9 Å². The molecule has 1 aromatic carbocycles. The first-order valence-corrected chi connectivity index (χ1v) is 8.02. The van der Waals surface area contributed by atoms with Crippen molar-refractivity contribution in [3.8, 4) is 5.75 Å². The molecule has 3 nitrogen and oxygen atoms in total. The first kappa shape index (κ1) is 16.2. The molecule has 0 aromatic heterocycles. The summed E-state index contributed by atoms with van der Waals surface area (Å²) in [7, 11) is 1.56. The smallest absolute Gasteiger partial charge is 0.257 e. The maximum Gasteiger partial charge on any atom is 0.257 e. The minimum atomic E-state index is 0.0310. The molecule has 0 unspecified atom stereocenters. The molecule has 0 radical (unpaired) electrons. The number of hydrogen-bond acceptors (Lipinski definition) is 2. The molecule has 2 rings (SSSR count). The van der Waals surface area contributed by atoms with Crippen LogP contribution >= 0.6 is 11.6 Å². The van der Waals surface area contributed by atoms with Gasteiger partial charge in [0.1, 0.15) is 5.75 Å². The summed E-state index contributed by atoms with van der Waals surface area (Å²) in [4.78, 5) is 14.9. The van der Waals surface area contributed by atoms with Crippen LogP contribution in [0.2, 0.25) is 5.02 Å². The number of piperidine rings is 1. The second-order valence-electron chi connectivity index (χ2n) is 6.08. The van der Waals surface area contributed by atoms with Gasteiger partial charge in [0.15, 0.2) is 0 Å². The maximum absolute atomic E-state index is 12.9. The van der Waals surface area contributed by atoms with E-state index in [9.17, 15) is 4.79 Å². The van der Waals surface area contributed by atoms with Crippen molar-refractivity contribution in [3.05, 3.63) is 28.3 Å². The Kier molecular flexibility index (Phi) is 5.15. The molecule has 1 atom stereocenters. The van der Waals surface area contributed by atoms with Crippen LogP contribution in [0.5, 0.6) is 5.75 Å². The lowest BCUT2D eigenvalue weighted by Gasteiger charge is -2.34. The van der Waals surface area contributed by atoms with E-state index < -0.39 is 0 Å². The van der Waals surface area contributed by atoms with E-state index in [-0.39, 0.29) is 11.9 Å². The van der Waals surface area contributed by atoms with Crippen molar-refractivity contribution >= 4 is 17.5 Å². The molecule has 0 saturated carbocycles. The number of carbonyl (C=O) groups is 1. The van der Waals surface area contributed by atoms with E-state index in [1.165, 1.54) is 6.42 Å². The monoisotopic (exact) mass is 309 g/mol. The molecule has 1 amide bonds. The molecular formula is C17H24ClNO2.